The van der Waals surface area contributed by atoms with Crippen molar-refractivity contribution in [3.05, 3.63) is 70.3 Å². The lowest BCUT2D eigenvalue weighted by atomic mass is 10.2. The number of fused-ring (bicyclic) bond motifs is 1. The number of carbonyl (C=O) groups is 1. The number of aromatic amines is 1. The Bertz CT molecular complexity index is 995. The molecule has 0 saturated heterocycles. The summed E-state index contributed by atoms with van der Waals surface area (Å²) in [5.74, 6) is 0.551. The van der Waals surface area contributed by atoms with E-state index in [0.29, 0.717) is 28.9 Å². The second kappa shape index (κ2) is 9.17. The molecule has 6 nitrogen and oxygen atoms in total. The molecular weight excluding hydrogens is 356 g/mol. The second-order valence-corrected chi connectivity index (χ2v) is 6.60. The maximum Gasteiger partial charge on any atom is 0.338 e. The van der Waals surface area contributed by atoms with Crippen LogP contribution in [0.25, 0.3) is 10.9 Å². The first-order valence-electron chi connectivity index (χ1n) is 9.51. The van der Waals surface area contributed by atoms with Crippen LogP contribution >= 0.6 is 0 Å². The first kappa shape index (κ1) is 19.6. The molecule has 0 aliphatic heterocycles. The summed E-state index contributed by atoms with van der Waals surface area (Å²) in [7, 11) is 0. The number of hydrogen-bond donors (Lipinski definition) is 1. The molecule has 0 radical (unpaired) electrons. The molecule has 0 amide bonds. The highest BCUT2D eigenvalue weighted by Crippen LogP contribution is 2.18. The van der Waals surface area contributed by atoms with Gasteiger partial charge in [-0.2, -0.15) is 0 Å². The molecule has 0 aliphatic carbocycles. The first-order chi connectivity index (χ1) is 13.6. The van der Waals surface area contributed by atoms with Crippen LogP contribution in [-0.4, -0.2) is 22.5 Å². The third-order valence-electron chi connectivity index (χ3n) is 4.41. The average molecular weight is 380 g/mol. The van der Waals surface area contributed by atoms with Crippen LogP contribution in [0.5, 0.6) is 5.75 Å². The van der Waals surface area contributed by atoms with Gasteiger partial charge in [-0.3, -0.25) is 4.79 Å². The van der Waals surface area contributed by atoms with Crippen molar-refractivity contribution in [2.24, 2.45) is 0 Å². The van der Waals surface area contributed by atoms with E-state index in [1.165, 1.54) is 0 Å². The van der Waals surface area contributed by atoms with Crippen molar-refractivity contribution in [1.29, 1.82) is 0 Å². The summed E-state index contributed by atoms with van der Waals surface area (Å²) in [5, 5.41) is 0.499. The van der Waals surface area contributed by atoms with Gasteiger partial charge >= 0.3 is 5.97 Å². The van der Waals surface area contributed by atoms with E-state index in [0.717, 1.165) is 25.0 Å². The zero-order valence-corrected chi connectivity index (χ0v) is 16.1. The van der Waals surface area contributed by atoms with Gasteiger partial charge in [0.25, 0.3) is 5.56 Å². The number of carbonyl (C=O) groups excluding carboxylic acids is 1. The molecule has 0 spiro atoms. The zero-order chi connectivity index (χ0) is 19.9. The van der Waals surface area contributed by atoms with Crippen LogP contribution in [0.4, 0.5) is 0 Å². The van der Waals surface area contributed by atoms with Crippen molar-refractivity contribution in [3.63, 3.8) is 0 Å². The van der Waals surface area contributed by atoms with Crippen molar-refractivity contribution in [2.45, 2.75) is 39.2 Å². The molecule has 3 aromatic rings. The maximum absolute atomic E-state index is 12.4. The van der Waals surface area contributed by atoms with Gasteiger partial charge in [0.05, 0.1) is 23.1 Å². The molecule has 146 valence electrons. The zero-order valence-electron chi connectivity index (χ0n) is 16.1. The fraction of sp³-hybridized carbons (Fsp3) is 0.318. The van der Waals surface area contributed by atoms with Crippen LogP contribution in [0.15, 0.2) is 53.3 Å². The number of nitrogens with one attached hydrogen (secondary N) is 1. The number of unbranched alkanes of at least 4 members (excludes halogenated alkanes) is 2. The standard InChI is InChI=1S/C22H24N2O4/c1-3-4-7-14-27-17-12-10-16(11-13-17)22(26)28-15(2)20-23-19-9-6-5-8-18(19)21(25)24-20/h5-6,8-13,15H,3-4,7,14H2,1-2H3,(H,23,24,25)/t15-/m0/s1. The van der Waals surface area contributed by atoms with Gasteiger partial charge in [-0.25, -0.2) is 9.78 Å². The number of nitrogens with zero attached hydrogens (tertiary/aromatic N) is 1. The highest BCUT2D eigenvalue weighted by Gasteiger charge is 2.17. The van der Waals surface area contributed by atoms with E-state index in [-0.39, 0.29) is 5.56 Å². The van der Waals surface area contributed by atoms with E-state index in [1.54, 1.807) is 55.5 Å². The van der Waals surface area contributed by atoms with Crippen LogP contribution in [-0.2, 0) is 4.74 Å². The molecule has 1 heterocycles. The lowest BCUT2D eigenvalue weighted by Gasteiger charge is -2.13. The van der Waals surface area contributed by atoms with Gasteiger partial charge in [-0.15, -0.1) is 0 Å². The quantitative estimate of drug-likeness (QED) is 0.462. The smallest absolute Gasteiger partial charge is 0.338 e. The molecule has 0 unspecified atom stereocenters. The molecule has 0 aliphatic rings. The van der Waals surface area contributed by atoms with Crippen molar-refractivity contribution in [1.82, 2.24) is 9.97 Å². The topological polar surface area (TPSA) is 81.3 Å². The van der Waals surface area contributed by atoms with Gasteiger partial charge in [-0.05, 0) is 49.7 Å². The Labute approximate surface area is 163 Å². The van der Waals surface area contributed by atoms with E-state index in [2.05, 4.69) is 16.9 Å². The minimum Gasteiger partial charge on any atom is -0.494 e. The molecule has 0 bridgehead atoms. The largest absolute Gasteiger partial charge is 0.494 e. The van der Waals surface area contributed by atoms with Crippen molar-refractivity contribution in [3.8, 4) is 5.75 Å². The molecule has 0 saturated carbocycles. The third-order valence-corrected chi connectivity index (χ3v) is 4.41. The monoisotopic (exact) mass is 380 g/mol. The number of esters is 1. The fourth-order valence-corrected chi connectivity index (χ4v) is 2.81. The molecule has 1 atom stereocenters. The third kappa shape index (κ3) is 4.76. The van der Waals surface area contributed by atoms with E-state index in [4.69, 9.17) is 9.47 Å². The Morgan fingerprint density at radius 2 is 1.86 bits per heavy atom. The van der Waals surface area contributed by atoms with Crippen LogP contribution < -0.4 is 10.3 Å². The minimum absolute atomic E-state index is 0.256. The number of hydrogen-bond acceptors (Lipinski definition) is 5. The molecular formula is C22H24N2O4. The fourth-order valence-electron chi connectivity index (χ4n) is 2.81. The Morgan fingerprint density at radius 1 is 1.11 bits per heavy atom. The number of H-pyrrole nitrogens is 1. The van der Waals surface area contributed by atoms with Crippen LogP contribution in [0.1, 0.15) is 55.4 Å². The minimum atomic E-state index is -0.685. The van der Waals surface area contributed by atoms with Crippen LogP contribution in [0.2, 0.25) is 0 Å². The molecule has 6 heteroatoms. The maximum atomic E-state index is 12.4. The number of ether oxygens (including phenoxy) is 2. The number of benzene rings is 2. The van der Waals surface area contributed by atoms with E-state index >= 15 is 0 Å². The van der Waals surface area contributed by atoms with Crippen molar-refractivity contribution < 1.29 is 14.3 Å². The first-order valence-corrected chi connectivity index (χ1v) is 9.51. The van der Waals surface area contributed by atoms with Gasteiger partial charge in [0, 0.05) is 0 Å². The summed E-state index contributed by atoms with van der Waals surface area (Å²) in [6, 6.07) is 13.9. The molecule has 2 aromatic carbocycles. The van der Waals surface area contributed by atoms with Crippen molar-refractivity contribution >= 4 is 16.9 Å². The lowest BCUT2D eigenvalue weighted by molar-refractivity contribution is 0.0320. The Balaban J connectivity index is 1.65. The normalized spacial score (nSPS) is 11.9. The van der Waals surface area contributed by atoms with Crippen LogP contribution in [0, 0.1) is 0 Å². The van der Waals surface area contributed by atoms with Gasteiger partial charge in [0.1, 0.15) is 5.75 Å². The van der Waals surface area contributed by atoms with Gasteiger partial charge in [0.2, 0.25) is 0 Å². The number of aromatic nitrogens is 2. The van der Waals surface area contributed by atoms with E-state index < -0.39 is 12.1 Å². The Hall–Kier alpha value is -3.15. The van der Waals surface area contributed by atoms with Gasteiger partial charge in [-0.1, -0.05) is 31.9 Å². The summed E-state index contributed by atoms with van der Waals surface area (Å²) in [5.41, 5.74) is 0.720. The van der Waals surface area contributed by atoms with Crippen molar-refractivity contribution in [2.75, 3.05) is 6.61 Å². The summed E-state index contributed by atoms with van der Waals surface area (Å²) in [6.45, 7) is 4.48. The number of rotatable bonds is 8. The SMILES string of the molecule is CCCCCOc1ccc(C(=O)O[C@@H](C)c2nc3ccccc3c(=O)[nH]2)cc1. The van der Waals surface area contributed by atoms with Crippen LogP contribution in [0.3, 0.4) is 0 Å². The highest BCUT2D eigenvalue weighted by molar-refractivity contribution is 5.89. The van der Waals surface area contributed by atoms with Gasteiger partial charge in [0.15, 0.2) is 11.9 Å². The predicted octanol–water partition coefficient (Wildman–Crippen LogP) is 4.41. The molecule has 1 N–H and O–H groups in total. The second-order valence-electron chi connectivity index (χ2n) is 6.60. The highest BCUT2D eigenvalue weighted by atomic mass is 16.5. The molecule has 28 heavy (non-hydrogen) atoms. The Kier molecular flexibility index (Phi) is 6.42. The summed E-state index contributed by atoms with van der Waals surface area (Å²) in [4.78, 5) is 31.7. The summed E-state index contributed by atoms with van der Waals surface area (Å²) >= 11 is 0. The summed E-state index contributed by atoms with van der Waals surface area (Å²) < 4.78 is 11.1. The Morgan fingerprint density at radius 3 is 2.61 bits per heavy atom. The molecule has 3 rings (SSSR count). The van der Waals surface area contributed by atoms with E-state index in [1.807, 2.05) is 0 Å². The predicted molar refractivity (Wildman–Crippen MR) is 108 cm³/mol. The van der Waals surface area contributed by atoms with Gasteiger partial charge < -0.3 is 14.5 Å². The molecule has 1 aromatic heterocycles. The lowest BCUT2D eigenvalue weighted by Crippen LogP contribution is -2.17. The van der Waals surface area contributed by atoms with E-state index in [9.17, 15) is 9.59 Å². The average Bonchev–Trinajstić information content (AvgIpc) is 2.71. The number of para-hydroxylation sites is 1. The molecule has 0 fully saturated rings. The summed E-state index contributed by atoms with van der Waals surface area (Å²) in [6.07, 6.45) is 2.60.